The molecule has 0 aliphatic heterocycles. The summed E-state index contributed by atoms with van der Waals surface area (Å²) in [6.45, 7) is 0.0449. The minimum absolute atomic E-state index is 0.0449. The van der Waals surface area contributed by atoms with Crippen molar-refractivity contribution in [3.63, 3.8) is 0 Å². The van der Waals surface area contributed by atoms with Crippen molar-refractivity contribution in [2.75, 3.05) is 0 Å². The van der Waals surface area contributed by atoms with Crippen molar-refractivity contribution in [1.29, 1.82) is 0 Å². The average molecular weight is 416 g/mol. The molecule has 1 aromatic heterocycles. The molecule has 8 nitrogen and oxygen atoms in total. The molecule has 154 valence electrons. The van der Waals surface area contributed by atoms with E-state index < -0.39 is 22.0 Å². The number of para-hydroxylation sites is 1. The monoisotopic (exact) mass is 416 g/mol. The maximum absolute atomic E-state index is 12.8. The topological polar surface area (TPSA) is 112 Å². The molecular formula is C23H16N2O6. The van der Waals surface area contributed by atoms with Gasteiger partial charge in [-0.2, -0.15) is 0 Å². The minimum Gasteiger partial charge on any atom is -0.477 e. The number of fused-ring (bicyclic) bond motifs is 1. The lowest BCUT2D eigenvalue weighted by Gasteiger charge is -2.13. The Morgan fingerprint density at radius 1 is 0.968 bits per heavy atom. The zero-order chi connectivity index (χ0) is 22.0. The van der Waals surface area contributed by atoms with Crippen LogP contribution in [0.25, 0.3) is 10.9 Å². The van der Waals surface area contributed by atoms with Crippen molar-refractivity contribution >= 4 is 22.6 Å². The van der Waals surface area contributed by atoms with Crippen LogP contribution in [0.1, 0.15) is 15.9 Å². The predicted molar refractivity (Wildman–Crippen MR) is 114 cm³/mol. The van der Waals surface area contributed by atoms with Crippen molar-refractivity contribution in [2.45, 2.75) is 6.54 Å². The number of aromatic carboxylic acids is 1. The zero-order valence-electron chi connectivity index (χ0n) is 16.1. The zero-order valence-corrected chi connectivity index (χ0v) is 16.1. The second-order valence-corrected chi connectivity index (χ2v) is 6.78. The number of hydrogen-bond acceptors (Lipinski definition) is 5. The molecule has 0 fully saturated rings. The Kier molecular flexibility index (Phi) is 5.19. The van der Waals surface area contributed by atoms with Crippen molar-refractivity contribution in [2.24, 2.45) is 0 Å². The fourth-order valence-electron chi connectivity index (χ4n) is 3.32. The Bertz CT molecular complexity index is 1340. The van der Waals surface area contributed by atoms with Gasteiger partial charge in [-0.3, -0.25) is 14.9 Å². The molecule has 0 aliphatic carbocycles. The van der Waals surface area contributed by atoms with Crippen LogP contribution < -0.4 is 10.3 Å². The van der Waals surface area contributed by atoms with Crippen LogP contribution in [0.2, 0.25) is 0 Å². The quantitative estimate of drug-likeness (QED) is 0.367. The highest BCUT2D eigenvalue weighted by Crippen LogP contribution is 2.26. The van der Waals surface area contributed by atoms with Crippen LogP contribution in [0.4, 0.5) is 5.69 Å². The number of aromatic nitrogens is 1. The normalized spacial score (nSPS) is 10.7. The molecule has 0 saturated carbocycles. The fraction of sp³-hybridized carbons (Fsp3) is 0.0435. The van der Waals surface area contributed by atoms with Gasteiger partial charge in [0.2, 0.25) is 0 Å². The molecule has 0 spiro atoms. The van der Waals surface area contributed by atoms with Crippen molar-refractivity contribution in [1.82, 2.24) is 4.57 Å². The van der Waals surface area contributed by atoms with Crippen LogP contribution >= 0.6 is 0 Å². The molecule has 8 heteroatoms. The van der Waals surface area contributed by atoms with Gasteiger partial charge < -0.3 is 14.4 Å². The number of non-ortho nitro benzene ring substituents is 1. The molecule has 0 unspecified atom stereocenters. The Balaban J connectivity index is 1.75. The second kappa shape index (κ2) is 8.11. The van der Waals surface area contributed by atoms with E-state index in [1.165, 1.54) is 16.7 Å². The van der Waals surface area contributed by atoms with Gasteiger partial charge >= 0.3 is 5.97 Å². The molecule has 0 bridgehead atoms. The summed E-state index contributed by atoms with van der Waals surface area (Å²) in [5.74, 6) is -0.161. The maximum atomic E-state index is 12.8. The van der Waals surface area contributed by atoms with Crippen LogP contribution in [0.5, 0.6) is 11.5 Å². The van der Waals surface area contributed by atoms with E-state index in [1.54, 1.807) is 30.3 Å². The molecule has 1 N–H and O–H groups in total. The first-order valence-electron chi connectivity index (χ1n) is 9.30. The number of carbonyl (C=O) groups is 1. The maximum Gasteiger partial charge on any atom is 0.341 e. The number of nitro groups is 1. The van der Waals surface area contributed by atoms with E-state index in [-0.39, 0.29) is 23.1 Å². The number of nitro benzene ring substituents is 1. The van der Waals surface area contributed by atoms with Crippen molar-refractivity contribution in [3.8, 4) is 11.5 Å². The first kappa shape index (κ1) is 19.8. The average Bonchev–Trinajstić information content (AvgIpc) is 2.76. The number of ether oxygens (including phenoxy) is 1. The number of benzene rings is 3. The van der Waals surface area contributed by atoms with E-state index in [2.05, 4.69) is 0 Å². The number of pyridine rings is 1. The summed E-state index contributed by atoms with van der Waals surface area (Å²) < 4.78 is 6.98. The van der Waals surface area contributed by atoms with Gasteiger partial charge in [-0.15, -0.1) is 0 Å². The van der Waals surface area contributed by atoms with E-state index in [1.807, 2.05) is 30.3 Å². The highest BCUT2D eigenvalue weighted by molar-refractivity contribution is 5.96. The van der Waals surface area contributed by atoms with Crippen LogP contribution in [0, 0.1) is 10.1 Å². The lowest BCUT2D eigenvalue weighted by atomic mass is 10.1. The number of nitrogens with zero attached hydrogens (tertiary/aromatic N) is 2. The van der Waals surface area contributed by atoms with E-state index >= 15 is 0 Å². The Hall–Kier alpha value is -4.46. The number of rotatable bonds is 6. The highest BCUT2D eigenvalue weighted by Gasteiger charge is 2.20. The first-order chi connectivity index (χ1) is 14.9. The number of hydrogen-bond donors (Lipinski definition) is 1. The summed E-state index contributed by atoms with van der Waals surface area (Å²) in [6, 6.07) is 21.6. The van der Waals surface area contributed by atoms with Gasteiger partial charge in [0.05, 0.1) is 22.4 Å². The number of carboxylic acids is 1. The molecule has 0 saturated heterocycles. The first-order valence-corrected chi connectivity index (χ1v) is 9.30. The van der Waals surface area contributed by atoms with Crippen LogP contribution in [-0.4, -0.2) is 20.6 Å². The summed E-state index contributed by atoms with van der Waals surface area (Å²) in [5, 5.41) is 20.9. The van der Waals surface area contributed by atoms with Gasteiger partial charge in [0.25, 0.3) is 11.2 Å². The Morgan fingerprint density at radius 2 is 1.65 bits per heavy atom. The largest absolute Gasteiger partial charge is 0.477 e. The summed E-state index contributed by atoms with van der Waals surface area (Å²) in [7, 11) is 0. The van der Waals surface area contributed by atoms with Crippen molar-refractivity contribution < 1.29 is 19.6 Å². The molecule has 4 aromatic rings. The second-order valence-electron chi connectivity index (χ2n) is 6.78. The van der Waals surface area contributed by atoms with Gasteiger partial charge in [0.15, 0.2) is 0 Å². The van der Waals surface area contributed by atoms with E-state index in [0.29, 0.717) is 17.1 Å². The standard InChI is InChI=1S/C23H16N2O6/c26-22-19(23(27)28)13-18-20(7-4-8-21(18)25(29)30)24(22)14-15-9-11-17(12-10-15)31-16-5-2-1-3-6-16/h1-13H,14H2,(H,27,28). The molecule has 0 atom stereocenters. The third kappa shape index (κ3) is 3.99. The van der Waals surface area contributed by atoms with Gasteiger partial charge in [-0.1, -0.05) is 36.4 Å². The SMILES string of the molecule is O=C(O)c1cc2c([N+](=O)[O-])cccc2n(Cc2ccc(Oc3ccccc3)cc2)c1=O. The van der Waals surface area contributed by atoms with E-state index in [4.69, 9.17) is 4.74 Å². The summed E-state index contributed by atoms with van der Waals surface area (Å²) >= 11 is 0. The Labute approximate surface area is 175 Å². The Morgan fingerprint density at radius 3 is 2.29 bits per heavy atom. The van der Waals surface area contributed by atoms with Crippen molar-refractivity contribution in [3.05, 3.63) is 110 Å². The van der Waals surface area contributed by atoms with E-state index in [0.717, 1.165) is 6.07 Å². The van der Waals surface area contributed by atoms with Gasteiger partial charge in [-0.05, 0) is 42.0 Å². The molecule has 0 radical (unpaired) electrons. The van der Waals surface area contributed by atoms with Gasteiger partial charge in [0, 0.05) is 6.07 Å². The van der Waals surface area contributed by atoms with Crippen LogP contribution in [-0.2, 0) is 6.54 Å². The minimum atomic E-state index is -1.44. The molecular weight excluding hydrogens is 400 g/mol. The summed E-state index contributed by atoms with van der Waals surface area (Å²) in [5.41, 5.74) is -0.525. The summed E-state index contributed by atoms with van der Waals surface area (Å²) in [6.07, 6.45) is 0. The van der Waals surface area contributed by atoms with E-state index in [9.17, 15) is 24.8 Å². The molecule has 3 aromatic carbocycles. The van der Waals surface area contributed by atoms with Crippen LogP contribution in [0.3, 0.4) is 0 Å². The summed E-state index contributed by atoms with van der Waals surface area (Å²) in [4.78, 5) is 35.2. The lowest BCUT2D eigenvalue weighted by Crippen LogP contribution is -2.27. The van der Waals surface area contributed by atoms with Crippen LogP contribution in [0.15, 0.2) is 83.7 Å². The highest BCUT2D eigenvalue weighted by atomic mass is 16.6. The lowest BCUT2D eigenvalue weighted by molar-refractivity contribution is -0.383. The smallest absolute Gasteiger partial charge is 0.341 e. The molecule has 0 aliphatic rings. The fourth-order valence-corrected chi connectivity index (χ4v) is 3.32. The molecule has 31 heavy (non-hydrogen) atoms. The van der Waals surface area contributed by atoms with Gasteiger partial charge in [-0.25, -0.2) is 4.79 Å². The van der Waals surface area contributed by atoms with Gasteiger partial charge in [0.1, 0.15) is 17.1 Å². The molecule has 0 amide bonds. The molecule has 1 heterocycles. The third-order valence-electron chi connectivity index (χ3n) is 4.79. The predicted octanol–water partition coefficient (Wildman–Crippen LogP) is 4.45. The molecule has 4 rings (SSSR count). The third-order valence-corrected chi connectivity index (χ3v) is 4.79. The number of carboxylic acid groups (broad SMARTS) is 1.